The van der Waals surface area contributed by atoms with Crippen LogP contribution in [-0.2, 0) is 6.42 Å². The quantitative estimate of drug-likeness (QED) is 0.658. The van der Waals surface area contributed by atoms with Gasteiger partial charge in [-0.25, -0.2) is 4.39 Å². The second-order valence-electron chi connectivity index (χ2n) is 4.23. The van der Waals surface area contributed by atoms with Crippen LogP contribution in [-0.4, -0.2) is 5.88 Å². The lowest BCUT2D eigenvalue weighted by Crippen LogP contribution is -2.24. The van der Waals surface area contributed by atoms with Gasteiger partial charge in [-0.1, -0.05) is 26.0 Å². The number of hydrogen-bond acceptors (Lipinski definition) is 0. The van der Waals surface area contributed by atoms with Gasteiger partial charge in [-0.2, -0.15) is 0 Å². The lowest BCUT2D eigenvalue weighted by Gasteiger charge is -2.29. The van der Waals surface area contributed by atoms with Crippen molar-refractivity contribution in [2.75, 3.05) is 5.88 Å². The molecule has 0 spiro atoms. The van der Waals surface area contributed by atoms with Gasteiger partial charge in [0.2, 0.25) is 0 Å². The molecule has 3 heteroatoms. The molecule has 0 N–H and O–H groups in total. The minimum atomic E-state index is -0.201. The highest BCUT2D eigenvalue weighted by molar-refractivity contribution is 9.10. The molecule has 0 nitrogen and oxygen atoms in total. The van der Waals surface area contributed by atoms with Gasteiger partial charge in [0.05, 0.1) is 4.47 Å². The number of hydrogen-bond donors (Lipinski definition) is 0. The molecule has 0 unspecified atom stereocenters. The van der Waals surface area contributed by atoms with Crippen LogP contribution in [0.15, 0.2) is 22.7 Å². The van der Waals surface area contributed by atoms with E-state index in [0.29, 0.717) is 10.4 Å². The van der Waals surface area contributed by atoms with Crippen LogP contribution >= 0.6 is 27.5 Å². The SMILES string of the molecule is CCC(CC)(CCl)Cc1cccc(F)c1Br. The van der Waals surface area contributed by atoms with Gasteiger partial charge in [0.15, 0.2) is 0 Å². The van der Waals surface area contributed by atoms with Crippen molar-refractivity contribution in [3.8, 4) is 0 Å². The molecule has 0 aromatic heterocycles. The second-order valence-corrected chi connectivity index (χ2v) is 5.29. The summed E-state index contributed by atoms with van der Waals surface area (Å²) in [5.41, 5.74) is 1.09. The number of halogens is 3. The standard InChI is InChI=1S/C13H17BrClF/c1-3-13(4-2,9-15)8-10-6-5-7-11(16)12(10)14/h5-7H,3-4,8-9H2,1-2H3. The molecule has 0 saturated heterocycles. The van der Waals surface area contributed by atoms with Crippen molar-refractivity contribution in [1.82, 2.24) is 0 Å². The maximum atomic E-state index is 13.4. The number of rotatable bonds is 5. The summed E-state index contributed by atoms with van der Waals surface area (Å²) >= 11 is 9.36. The monoisotopic (exact) mass is 306 g/mol. The van der Waals surface area contributed by atoms with Gasteiger partial charge in [-0.15, -0.1) is 11.6 Å². The first kappa shape index (κ1) is 14.0. The fourth-order valence-corrected chi connectivity index (χ4v) is 2.70. The average Bonchev–Trinajstić information content (AvgIpc) is 2.32. The molecule has 0 aliphatic rings. The Labute approximate surface area is 110 Å². The van der Waals surface area contributed by atoms with Crippen LogP contribution in [0.1, 0.15) is 32.3 Å². The summed E-state index contributed by atoms with van der Waals surface area (Å²) in [5.74, 6) is 0.413. The molecular formula is C13H17BrClF. The van der Waals surface area contributed by atoms with E-state index < -0.39 is 0 Å². The third-order valence-corrected chi connectivity index (χ3v) is 4.84. The third kappa shape index (κ3) is 2.98. The molecule has 90 valence electrons. The zero-order chi connectivity index (χ0) is 12.2. The largest absolute Gasteiger partial charge is 0.206 e. The van der Waals surface area contributed by atoms with Crippen LogP contribution in [0.4, 0.5) is 4.39 Å². The zero-order valence-electron chi connectivity index (χ0n) is 9.69. The van der Waals surface area contributed by atoms with Gasteiger partial charge in [-0.3, -0.25) is 0 Å². The summed E-state index contributed by atoms with van der Waals surface area (Å²) in [6.07, 6.45) is 2.84. The summed E-state index contributed by atoms with van der Waals surface area (Å²) in [5, 5.41) is 0. The lowest BCUT2D eigenvalue weighted by molar-refractivity contribution is 0.301. The predicted molar refractivity (Wildman–Crippen MR) is 71.5 cm³/mol. The lowest BCUT2D eigenvalue weighted by atomic mass is 9.79. The van der Waals surface area contributed by atoms with Crippen LogP contribution in [0.5, 0.6) is 0 Å². The Morgan fingerprint density at radius 2 is 1.94 bits per heavy atom. The maximum absolute atomic E-state index is 13.4. The van der Waals surface area contributed by atoms with E-state index in [2.05, 4.69) is 29.8 Å². The van der Waals surface area contributed by atoms with Crippen LogP contribution < -0.4 is 0 Å². The average molecular weight is 308 g/mol. The Balaban J connectivity index is 2.98. The fourth-order valence-electron chi connectivity index (χ4n) is 1.83. The van der Waals surface area contributed by atoms with E-state index in [1.807, 2.05) is 6.07 Å². The van der Waals surface area contributed by atoms with Crippen molar-refractivity contribution in [1.29, 1.82) is 0 Å². The van der Waals surface area contributed by atoms with Crippen LogP contribution in [0.25, 0.3) is 0 Å². The Hall–Kier alpha value is -0.0800. The van der Waals surface area contributed by atoms with Gasteiger partial charge < -0.3 is 0 Å². The predicted octanol–water partition coefficient (Wildman–Crippen LogP) is 5.18. The van der Waals surface area contributed by atoms with Crippen LogP contribution in [0.3, 0.4) is 0 Å². The first-order valence-electron chi connectivity index (χ1n) is 5.57. The van der Waals surface area contributed by atoms with E-state index in [0.717, 1.165) is 24.8 Å². The van der Waals surface area contributed by atoms with Crippen molar-refractivity contribution < 1.29 is 4.39 Å². The molecule has 0 heterocycles. The molecule has 1 aromatic rings. The fraction of sp³-hybridized carbons (Fsp3) is 0.538. The van der Waals surface area contributed by atoms with Crippen molar-refractivity contribution in [3.63, 3.8) is 0 Å². The van der Waals surface area contributed by atoms with Crippen molar-refractivity contribution in [2.24, 2.45) is 5.41 Å². The van der Waals surface area contributed by atoms with E-state index >= 15 is 0 Å². The second kappa shape index (κ2) is 6.02. The molecular weight excluding hydrogens is 290 g/mol. The smallest absolute Gasteiger partial charge is 0.137 e. The van der Waals surface area contributed by atoms with Crippen LogP contribution in [0.2, 0.25) is 0 Å². The Morgan fingerprint density at radius 3 is 2.44 bits per heavy atom. The molecule has 0 saturated carbocycles. The first-order valence-corrected chi connectivity index (χ1v) is 6.90. The zero-order valence-corrected chi connectivity index (χ0v) is 12.0. The Morgan fingerprint density at radius 1 is 1.31 bits per heavy atom. The highest BCUT2D eigenvalue weighted by atomic mass is 79.9. The van der Waals surface area contributed by atoms with Gasteiger partial charge in [0, 0.05) is 5.88 Å². The van der Waals surface area contributed by atoms with Gasteiger partial charge in [0.1, 0.15) is 5.82 Å². The summed E-state index contributed by atoms with van der Waals surface area (Å²) in [7, 11) is 0. The topological polar surface area (TPSA) is 0 Å². The number of alkyl halides is 1. The van der Waals surface area contributed by atoms with Crippen LogP contribution in [0, 0.1) is 11.2 Å². The highest BCUT2D eigenvalue weighted by Crippen LogP contribution is 2.35. The van der Waals surface area contributed by atoms with E-state index in [9.17, 15) is 4.39 Å². The van der Waals surface area contributed by atoms with Crippen molar-refractivity contribution in [3.05, 3.63) is 34.1 Å². The molecule has 1 rings (SSSR count). The molecule has 0 aliphatic carbocycles. The molecule has 0 radical (unpaired) electrons. The van der Waals surface area contributed by atoms with E-state index in [1.165, 1.54) is 6.07 Å². The van der Waals surface area contributed by atoms with E-state index in [1.54, 1.807) is 6.07 Å². The minimum absolute atomic E-state index is 0.0812. The minimum Gasteiger partial charge on any atom is -0.206 e. The molecule has 0 aliphatic heterocycles. The highest BCUT2D eigenvalue weighted by Gasteiger charge is 2.26. The molecule has 0 amide bonds. The molecule has 1 aromatic carbocycles. The van der Waals surface area contributed by atoms with Gasteiger partial charge >= 0.3 is 0 Å². The molecule has 0 bridgehead atoms. The summed E-state index contributed by atoms with van der Waals surface area (Å²) in [4.78, 5) is 0. The van der Waals surface area contributed by atoms with Crippen molar-refractivity contribution in [2.45, 2.75) is 33.1 Å². The summed E-state index contributed by atoms with van der Waals surface area (Å²) in [6, 6.07) is 5.17. The normalized spacial score (nSPS) is 11.8. The Bertz CT molecular complexity index is 340. The first-order chi connectivity index (χ1) is 7.58. The van der Waals surface area contributed by atoms with E-state index in [4.69, 9.17) is 11.6 Å². The number of benzene rings is 1. The molecule has 16 heavy (non-hydrogen) atoms. The maximum Gasteiger partial charge on any atom is 0.137 e. The van der Waals surface area contributed by atoms with Gasteiger partial charge in [-0.05, 0) is 52.2 Å². The van der Waals surface area contributed by atoms with Gasteiger partial charge in [0.25, 0.3) is 0 Å². The van der Waals surface area contributed by atoms with E-state index in [-0.39, 0.29) is 11.2 Å². The summed E-state index contributed by atoms with van der Waals surface area (Å²) in [6.45, 7) is 4.28. The van der Waals surface area contributed by atoms with Crippen molar-refractivity contribution >= 4 is 27.5 Å². The molecule has 0 fully saturated rings. The summed E-state index contributed by atoms with van der Waals surface area (Å²) < 4.78 is 14.0. The Kier molecular flexibility index (Phi) is 5.26. The molecule has 0 atom stereocenters. The third-order valence-electron chi connectivity index (χ3n) is 3.38.